The van der Waals surface area contributed by atoms with Gasteiger partial charge in [0.1, 0.15) is 17.1 Å². The topological polar surface area (TPSA) is 22.4 Å². The fraction of sp³-hybridized carbons (Fsp3) is 0.125. The Bertz CT molecular complexity index is 695. The predicted molar refractivity (Wildman–Crippen MR) is 72.9 cm³/mol. The van der Waals surface area contributed by atoms with Gasteiger partial charge in [-0.3, -0.25) is 0 Å². The van der Waals surface area contributed by atoms with Crippen molar-refractivity contribution in [3.63, 3.8) is 0 Å². The van der Waals surface area contributed by atoms with E-state index in [9.17, 15) is 0 Å². The van der Waals surface area contributed by atoms with Gasteiger partial charge in [0, 0.05) is 17.0 Å². The summed E-state index contributed by atoms with van der Waals surface area (Å²) in [7, 11) is 1.66. The second-order valence-corrected chi connectivity index (χ2v) is 4.33. The van der Waals surface area contributed by atoms with E-state index in [0.717, 1.165) is 28.0 Å². The monoisotopic (exact) mass is 238 g/mol. The van der Waals surface area contributed by atoms with E-state index in [-0.39, 0.29) is 0 Å². The molecule has 1 aromatic heterocycles. The standard InChI is InChI=1S/C16H14O2/c1-11-5-3-4-6-14(11)16-9-12-7-8-13(17-2)10-15(12)18-16/h3-10H,1-2H3. The maximum atomic E-state index is 5.90. The van der Waals surface area contributed by atoms with Crippen molar-refractivity contribution in [2.24, 2.45) is 0 Å². The molecule has 0 bridgehead atoms. The van der Waals surface area contributed by atoms with Crippen LogP contribution in [0.1, 0.15) is 5.56 Å². The number of aryl methyl sites for hydroxylation is 1. The van der Waals surface area contributed by atoms with Crippen molar-refractivity contribution in [3.05, 3.63) is 54.1 Å². The van der Waals surface area contributed by atoms with Crippen LogP contribution in [0, 0.1) is 6.92 Å². The van der Waals surface area contributed by atoms with Crippen LogP contribution in [-0.2, 0) is 0 Å². The lowest BCUT2D eigenvalue weighted by Gasteiger charge is -2.00. The third kappa shape index (κ3) is 1.76. The van der Waals surface area contributed by atoms with Crippen molar-refractivity contribution in [3.8, 4) is 17.1 Å². The van der Waals surface area contributed by atoms with E-state index in [1.54, 1.807) is 7.11 Å². The molecular weight excluding hydrogens is 224 g/mol. The first-order chi connectivity index (χ1) is 8.78. The molecule has 0 saturated heterocycles. The van der Waals surface area contributed by atoms with Crippen LogP contribution in [0.2, 0.25) is 0 Å². The molecule has 3 aromatic rings. The average Bonchev–Trinajstić information content (AvgIpc) is 2.81. The number of hydrogen-bond acceptors (Lipinski definition) is 2. The molecular formula is C16H14O2. The molecule has 0 aliphatic carbocycles. The molecule has 2 nitrogen and oxygen atoms in total. The minimum absolute atomic E-state index is 0.813. The summed E-state index contributed by atoms with van der Waals surface area (Å²) in [5.41, 5.74) is 3.20. The van der Waals surface area contributed by atoms with Crippen LogP contribution in [0.4, 0.5) is 0 Å². The molecule has 2 heteroatoms. The predicted octanol–water partition coefficient (Wildman–Crippen LogP) is 4.42. The summed E-state index contributed by atoms with van der Waals surface area (Å²) >= 11 is 0. The molecule has 0 unspecified atom stereocenters. The minimum atomic E-state index is 0.813. The van der Waals surface area contributed by atoms with Gasteiger partial charge in [0.15, 0.2) is 0 Å². The Labute approximate surface area is 106 Å². The molecule has 0 radical (unpaired) electrons. The van der Waals surface area contributed by atoms with Crippen molar-refractivity contribution < 1.29 is 9.15 Å². The fourth-order valence-corrected chi connectivity index (χ4v) is 2.12. The van der Waals surface area contributed by atoms with Gasteiger partial charge in [0.05, 0.1) is 7.11 Å². The molecule has 0 saturated carbocycles. The summed E-state index contributed by atoms with van der Waals surface area (Å²) in [5.74, 6) is 1.71. The smallest absolute Gasteiger partial charge is 0.138 e. The van der Waals surface area contributed by atoms with Gasteiger partial charge in [0.25, 0.3) is 0 Å². The van der Waals surface area contributed by atoms with Gasteiger partial charge in [-0.05, 0) is 30.7 Å². The number of benzene rings is 2. The lowest BCUT2D eigenvalue weighted by molar-refractivity contribution is 0.414. The van der Waals surface area contributed by atoms with E-state index >= 15 is 0 Å². The van der Waals surface area contributed by atoms with Gasteiger partial charge in [-0.25, -0.2) is 0 Å². The molecule has 0 amide bonds. The van der Waals surface area contributed by atoms with E-state index in [1.165, 1.54) is 5.56 Å². The quantitative estimate of drug-likeness (QED) is 0.659. The lowest BCUT2D eigenvalue weighted by atomic mass is 10.1. The second-order valence-electron chi connectivity index (χ2n) is 4.33. The molecule has 0 atom stereocenters. The van der Waals surface area contributed by atoms with E-state index in [1.807, 2.05) is 30.3 Å². The lowest BCUT2D eigenvalue weighted by Crippen LogP contribution is -1.79. The zero-order chi connectivity index (χ0) is 12.5. The third-order valence-corrected chi connectivity index (χ3v) is 3.14. The molecule has 0 N–H and O–H groups in total. The summed E-state index contributed by atoms with van der Waals surface area (Å²) in [6.07, 6.45) is 0. The SMILES string of the molecule is COc1ccc2cc(-c3ccccc3C)oc2c1. The zero-order valence-electron chi connectivity index (χ0n) is 10.4. The molecule has 90 valence electrons. The number of methoxy groups -OCH3 is 1. The number of fused-ring (bicyclic) bond motifs is 1. The van der Waals surface area contributed by atoms with Gasteiger partial charge in [0.2, 0.25) is 0 Å². The van der Waals surface area contributed by atoms with Gasteiger partial charge in [-0.1, -0.05) is 24.3 Å². The minimum Gasteiger partial charge on any atom is -0.497 e. The largest absolute Gasteiger partial charge is 0.497 e. The molecule has 0 fully saturated rings. The highest BCUT2D eigenvalue weighted by atomic mass is 16.5. The van der Waals surface area contributed by atoms with Crippen LogP contribution in [0.3, 0.4) is 0 Å². The fourth-order valence-electron chi connectivity index (χ4n) is 2.12. The van der Waals surface area contributed by atoms with Crippen molar-refractivity contribution in [1.82, 2.24) is 0 Å². The number of ether oxygens (including phenoxy) is 1. The summed E-state index contributed by atoms with van der Waals surface area (Å²) in [6.45, 7) is 2.09. The highest BCUT2D eigenvalue weighted by Crippen LogP contribution is 2.31. The summed E-state index contributed by atoms with van der Waals surface area (Å²) < 4.78 is 11.1. The zero-order valence-corrected chi connectivity index (χ0v) is 10.4. The normalized spacial score (nSPS) is 10.8. The first-order valence-electron chi connectivity index (χ1n) is 5.91. The third-order valence-electron chi connectivity index (χ3n) is 3.14. The van der Waals surface area contributed by atoms with Gasteiger partial charge in [-0.15, -0.1) is 0 Å². The maximum Gasteiger partial charge on any atom is 0.138 e. The van der Waals surface area contributed by atoms with Crippen LogP contribution in [0.15, 0.2) is 52.9 Å². The summed E-state index contributed by atoms with van der Waals surface area (Å²) in [4.78, 5) is 0. The number of furan rings is 1. The second kappa shape index (κ2) is 4.22. The Morgan fingerprint density at radius 1 is 1.00 bits per heavy atom. The van der Waals surface area contributed by atoms with Crippen LogP contribution in [0.5, 0.6) is 5.75 Å². The molecule has 0 spiro atoms. The first kappa shape index (κ1) is 10.9. The van der Waals surface area contributed by atoms with Crippen molar-refractivity contribution in [1.29, 1.82) is 0 Å². The molecule has 0 aliphatic rings. The Hall–Kier alpha value is -2.22. The highest BCUT2D eigenvalue weighted by molar-refractivity contribution is 5.84. The van der Waals surface area contributed by atoms with Crippen LogP contribution >= 0.6 is 0 Å². The average molecular weight is 238 g/mol. The van der Waals surface area contributed by atoms with Crippen LogP contribution in [-0.4, -0.2) is 7.11 Å². The first-order valence-corrected chi connectivity index (χ1v) is 5.91. The molecule has 18 heavy (non-hydrogen) atoms. The van der Waals surface area contributed by atoms with E-state index in [4.69, 9.17) is 9.15 Å². The van der Waals surface area contributed by atoms with Gasteiger partial charge >= 0.3 is 0 Å². The molecule has 1 heterocycles. The Morgan fingerprint density at radius 3 is 2.61 bits per heavy atom. The van der Waals surface area contributed by atoms with E-state index in [0.29, 0.717) is 0 Å². The Balaban J connectivity index is 2.17. The van der Waals surface area contributed by atoms with Gasteiger partial charge in [-0.2, -0.15) is 0 Å². The highest BCUT2D eigenvalue weighted by Gasteiger charge is 2.08. The number of rotatable bonds is 2. The maximum absolute atomic E-state index is 5.90. The Morgan fingerprint density at radius 2 is 1.83 bits per heavy atom. The van der Waals surface area contributed by atoms with E-state index < -0.39 is 0 Å². The Kier molecular flexibility index (Phi) is 2.56. The molecule has 3 rings (SSSR count). The number of hydrogen-bond donors (Lipinski definition) is 0. The van der Waals surface area contributed by atoms with E-state index in [2.05, 4.69) is 25.1 Å². The van der Waals surface area contributed by atoms with Crippen molar-refractivity contribution in [2.75, 3.05) is 7.11 Å². The summed E-state index contributed by atoms with van der Waals surface area (Å²) in [5, 5.41) is 1.09. The molecule has 0 aliphatic heterocycles. The molecule has 2 aromatic carbocycles. The van der Waals surface area contributed by atoms with Crippen molar-refractivity contribution >= 4 is 11.0 Å². The summed E-state index contributed by atoms with van der Waals surface area (Å²) in [6, 6.07) is 16.2. The van der Waals surface area contributed by atoms with Crippen LogP contribution in [0.25, 0.3) is 22.3 Å². The van der Waals surface area contributed by atoms with Crippen LogP contribution < -0.4 is 4.74 Å². The van der Waals surface area contributed by atoms with Gasteiger partial charge < -0.3 is 9.15 Å². The van der Waals surface area contributed by atoms with Crippen molar-refractivity contribution in [2.45, 2.75) is 6.92 Å².